The maximum Gasteiger partial charge on any atom is 0.335 e. The molecule has 0 spiro atoms. The Labute approximate surface area is 208 Å². The number of fused-ring (bicyclic) bond motifs is 1. The standard InChI is InChI=1S/C27H29N3O4S/c1-18(24(31)28-15-14-19-8-4-2-5-9-19)35-27-29-23-16-21(26(33)34)12-13-22(23)25(32)30(27)17-20-10-6-3-7-11-20/h3,6-8,10-13,16,18H,2,4-5,9,14-15,17H2,1H3,(H,28,31)(H,33,34)/t18-/m1/s1. The molecular weight excluding hydrogens is 462 g/mol. The highest BCUT2D eigenvalue weighted by Gasteiger charge is 2.20. The first-order chi connectivity index (χ1) is 16.9. The summed E-state index contributed by atoms with van der Waals surface area (Å²) in [7, 11) is 0. The molecule has 35 heavy (non-hydrogen) atoms. The molecule has 1 atom stereocenters. The Morgan fingerprint density at radius 2 is 1.97 bits per heavy atom. The third-order valence-corrected chi connectivity index (χ3v) is 7.22. The van der Waals surface area contributed by atoms with Gasteiger partial charge in [0.2, 0.25) is 5.91 Å². The summed E-state index contributed by atoms with van der Waals surface area (Å²) in [6.45, 7) is 2.67. The second kappa shape index (κ2) is 11.4. The van der Waals surface area contributed by atoms with Crippen LogP contribution in [0, 0.1) is 0 Å². The lowest BCUT2D eigenvalue weighted by atomic mass is 9.97. The Balaban J connectivity index is 1.58. The molecule has 0 radical (unpaired) electrons. The first kappa shape index (κ1) is 24.7. The third kappa shape index (κ3) is 6.19. The van der Waals surface area contributed by atoms with Gasteiger partial charge in [-0.2, -0.15) is 0 Å². The van der Waals surface area contributed by atoms with Crippen molar-refractivity contribution in [3.05, 3.63) is 81.7 Å². The number of carboxylic acids is 1. The molecule has 8 heteroatoms. The molecule has 1 amide bonds. The van der Waals surface area contributed by atoms with Crippen molar-refractivity contribution in [3.8, 4) is 0 Å². The number of nitrogens with zero attached hydrogens (tertiary/aromatic N) is 2. The Kier molecular flexibility index (Phi) is 8.02. The molecular formula is C27H29N3O4S. The van der Waals surface area contributed by atoms with E-state index in [4.69, 9.17) is 0 Å². The van der Waals surface area contributed by atoms with Gasteiger partial charge in [0.15, 0.2) is 5.16 Å². The van der Waals surface area contributed by atoms with Crippen molar-refractivity contribution in [2.24, 2.45) is 0 Å². The number of amides is 1. The number of carbonyl (C=O) groups excluding carboxylic acids is 1. The summed E-state index contributed by atoms with van der Waals surface area (Å²) >= 11 is 1.20. The Morgan fingerprint density at radius 1 is 1.17 bits per heavy atom. The average molecular weight is 492 g/mol. The minimum Gasteiger partial charge on any atom is -0.478 e. The monoisotopic (exact) mass is 491 g/mol. The van der Waals surface area contributed by atoms with E-state index in [0.717, 1.165) is 24.8 Å². The maximum absolute atomic E-state index is 13.4. The number of benzene rings is 2. The number of nitrogens with one attached hydrogen (secondary N) is 1. The molecule has 3 aromatic rings. The lowest BCUT2D eigenvalue weighted by Crippen LogP contribution is -2.33. The van der Waals surface area contributed by atoms with Crippen LogP contribution >= 0.6 is 11.8 Å². The second-order valence-corrected chi connectivity index (χ2v) is 10.0. The van der Waals surface area contributed by atoms with Gasteiger partial charge in [-0.1, -0.05) is 53.7 Å². The molecule has 1 aliphatic carbocycles. The largest absolute Gasteiger partial charge is 0.478 e. The van der Waals surface area contributed by atoms with Gasteiger partial charge in [-0.3, -0.25) is 14.2 Å². The number of allylic oxidation sites excluding steroid dienone is 1. The van der Waals surface area contributed by atoms with Crippen LogP contribution in [-0.4, -0.2) is 38.3 Å². The molecule has 0 saturated heterocycles. The summed E-state index contributed by atoms with van der Waals surface area (Å²) in [5, 5.41) is 12.6. The first-order valence-electron chi connectivity index (χ1n) is 11.9. The van der Waals surface area contributed by atoms with E-state index in [-0.39, 0.29) is 17.0 Å². The van der Waals surface area contributed by atoms with Gasteiger partial charge in [-0.15, -0.1) is 0 Å². The zero-order chi connectivity index (χ0) is 24.8. The van der Waals surface area contributed by atoms with Crippen LogP contribution in [0.25, 0.3) is 10.9 Å². The molecule has 1 aromatic heterocycles. The van der Waals surface area contributed by atoms with Gasteiger partial charge in [-0.05, 0) is 62.8 Å². The van der Waals surface area contributed by atoms with E-state index in [9.17, 15) is 19.5 Å². The highest BCUT2D eigenvalue weighted by atomic mass is 32.2. The van der Waals surface area contributed by atoms with Crippen molar-refractivity contribution in [1.29, 1.82) is 0 Å². The fourth-order valence-electron chi connectivity index (χ4n) is 4.16. The van der Waals surface area contributed by atoms with Crippen LogP contribution in [0.3, 0.4) is 0 Å². The summed E-state index contributed by atoms with van der Waals surface area (Å²) in [6.07, 6.45) is 7.80. The fraction of sp³-hybridized carbons (Fsp3) is 0.333. The zero-order valence-corrected chi connectivity index (χ0v) is 20.5. The van der Waals surface area contributed by atoms with E-state index in [0.29, 0.717) is 29.1 Å². The van der Waals surface area contributed by atoms with Crippen LogP contribution in [0.2, 0.25) is 0 Å². The topological polar surface area (TPSA) is 101 Å². The van der Waals surface area contributed by atoms with Crippen molar-refractivity contribution in [2.75, 3.05) is 6.54 Å². The number of aromatic carboxylic acids is 1. The van der Waals surface area contributed by atoms with Gasteiger partial charge >= 0.3 is 5.97 Å². The van der Waals surface area contributed by atoms with E-state index < -0.39 is 11.2 Å². The summed E-state index contributed by atoms with van der Waals surface area (Å²) in [5.41, 5.74) is 2.43. The van der Waals surface area contributed by atoms with Gasteiger partial charge in [-0.25, -0.2) is 9.78 Å². The van der Waals surface area contributed by atoms with Crippen LogP contribution in [0.4, 0.5) is 0 Å². The molecule has 0 fully saturated rings. The number of aromatic nitrogens is 2. The van der Waals surface area contributed by atoms with Gasteiger partial charge < -0.3 is 10.4 Å². The molecule has 1 heterocycles. The van der Waals surface area contributed by atoms with E-state index in [2.05, 4.69) is 16.4 Å². The minimum absolute atomic E-state index is 0.0592. The number of hydrogen-bond donors (Lipinski definition) is 2. The van der Waals surface area contributed by atoms with E-state index in [1.165, 1.54) is 48.4 Å². The quantitative estimate of drug-likeness (QED) is 0.257. The van der Waals surface area contributed by atoms with Crippen LogP contribution in [0.5, 0.6) is 0 Å². The number of thioether (sulfide) groups is 1. The van der Waals surface area contributed by atoms with E-state index in [1.54, 1.807) is 11.5 Å². The van der Waals surface area contributed by atoms with Gasteiger partial charge in [0, 0.05) is 6.54 Å². The van der Waals surface area contributed by atoms with Crippen LogP contribution in [0.1, 0.15) is 54.9 Å². The molecule has 2 N–H and O–H groups in total. The Morgan fingerprint density at radius 3 is 2.69 bits per heavy atom. The molecule has 0 aliphatic heterocycles. The Hall–Kier alpha value is -3.39. The number of carboxylic acid groups (broad SMARTS) is 1. The average Bonchev–Trinajstić information content (AvgIpc) is 2.87. The van der Waals surface area contributed by atoms with Crippen molar-refractivity contribution < 1.29 is 14.7 Å². The second-order valence-electron chi connectivity index (χ2n) is 8.72. The summed E-state index contributed by atoms with van der Waals surface area (Å²) in [5.74, 6) is -1.21. The minimum atomic E-state index is -1.09. The fourth-order valence-corrected chi connectivity index (χ4v) is 5.09. The molecule has 0 saturated carbocycles. The normalized spacial score (nSPS) is 14.4. The molecule has 182 valence electrons. The van der Waals surface area contributed by atoms with Gasteiger partial charge in [0.05, 0.1) is 28.3 Å². The first-order valence-corrected chi connectivity index (χ1v) is 12.7. The molecule has 7 nitrogen and oxygen atoms in total. The summed E-state index contributed by atoms with van der Waals surface area (Å²) in [4.78, 5) is 42.3. The predicted octanol–water partition coefficient (Wildman–Crippen LogP) is 4.63. The SMILES string of the molecule is C[C@@H](Sc1nc2cc(C(=O)O)ccc2c(=O)n1Cc1ccccc1)C(=O)NCCC1=CCCCC1. The number of rotatable bonds is 9. The van der Waals surface area contributed by atoms with Crippen molar-refractivity contribution in [1.82, 2.24) is 14.9 Å². The summed E-state index contributed by atoms with van der Waals surface area (Å²) in [6, 6.07) is 13.9. The highest BCUT2D eigenvalue weighted by molar-refractivity contribution is 8.00. The molecule has 4 rings (SSSR count). The van der Waals surface area contributed by atoms with Crippen molar-refractivity contribution in [2.45, 2.75) is 56.0 Å². The molecule has 0 bridgehead atoms. The van der Waals surface area contributed by atoms with E-state index in [1.807, 2.05) is 30.3 Å². The lowest BCUT2D eigenvalue weighted by Gasteiger charge is -2.17. The molecule has 1 aliphatic rings. The van der Waals surface area contributed by atoms with Crippen LogP contribution < -0.4 is 10.9 Å². The van der Waals surface area contributed by atoms with Gasteiger partial charge in [0.1, 0.15) is 0 Å². The zero-order valence-electron chi connectivity index (χ0n) is 19.7. The highest BCUT2D eigenvalue weighted by Crippen LogP contribution is 2.24. The van der Waals surface area contributed by atoms with Gasteiger partial charge in [0.25, 0.3) is 5.56 Å². The number of hydrogen-bond acceptors (Lipinski definition) is 5. The van der Waals surface area contributed by atoms with Crippen molar-refractivity contribution in [3.63, 3.8) is 0 Å². The number of carbonyl (C=O) groups is 2. The maximum atomic E-state index is 13.4. The lowest BCUT2D eigenvalue weighted by molar-refractivity contribution is -0.120. The molecule has 2 aromatic carbocycles. The Bertz CT molecular complexity index is 1320. The van der Waals surface area contributed by atoms with E-state index >= 15 is 0 Å². The van der Waals surface area contributed by atoms with Crippen LogP contribution in [-0.2, 0) is 11.3 Å². The van der Waals surface area contributed by atoms with Crippen molar-refractivity contribution >= 4 is 34.5 Å². The smallest absolute Gasteiger partial charge is 0.335 e. The van der Waals surface area contributed by atoms with Crippen LogP contribution in [0.15, 0.2) is 70.1 Å². The summed E-state index contributed by atoms with van der Waals surface area (Å²) < 4.78 is 1.55. The molecule has 0 unspecified atom stereocenters. The predicted molar refractivity (Wildman–Crippen MR) is 138 cm³/mol. The third-order valence-electron chi connectivity index (χ3n) is 6.13.